The summed E-state index contributed by atoms with van der Waals surface area (Å²) in [7, 11) is -1.70. The van der Waals surface area contributed by atoms with Crippen molar-refractivity contribution in [3.05, 3.63) is 47.2 Å². The van der Waals surface area contributed by atoms with E-state index >= 15 is 0 Å². The smallest absolute Gasteiger partial charge is 0.433 e. The van der Waals surface area contributed by atoms with E-state index in [1.165, 1.54) is 68.7 Å². The van der Waals surface area contributed by atoms with Gasteiger partial charge in [0.25, 0.3) is 0 Å². The lowest BCUT2D eigenvalue weighted by atomic mass is 9.33. The number of ether oxygens (including phenoxy) is 1. The highest BCUT2D eigenvalue weighted by atomic mass is 32.2. The van der Waals surface area contributed by atoms with Crippen LogP contribution in [0.4, 0.5) is 13.2 Å². The molecule has 340 valence electrons. The molecule has 0 amide bonds. The lowest BCUT2D eigenvalue weighted by Crippen LogP contribution is -2.68. The van der Waals surface area contributed by atoms with Gasteiger partial charge in [0, 0.05) is 44.8 Å². The molecule has 2 N–H and O–H groups in total. The fraction of sp³-hybridized carbons (Fsp3) is 0.792. The van der Waals surface area contributed by atoms with Gasteiger partial charge in [-0.2, -0.15) is 13.2 Å². The SMILES string of the molecule is C=C(C)C1CC[C@]2(NCCN3CCS(=O)(=O)CC3)CC[C@]3(C)[C@H](CC[C@@H]4[C@@]5(C)CC=C(C6=CCC(COc7cc(C(F)(F)F)n(C)n7)(C(=O)O)CC6)C(C)(C)[C@@H]5CC[C@]43C)[C@@H]12. The van der Waals surface area contributed by atoms with Crippen molar-refractivity contribution in [1.82, 2.24) is 20.0 Å². The molecule has 8 rings (SSSR count). The van der Waals surface area contributed by atoms with Crippen molar-refractivity contribution in [2.75, 3.05) is 44.3 Å². The highest BCUT2D eigenvalue weighted by molar-refractivity contribution is 7.91. The molecule has 2 heterocycles. The van der Waals surface area contributed by atoms with E-state index in [0.29, 0.717) is 55.5 Å². The molecule has 1 aliphatic heterocycles. The Bertz CT molecular complexity index is 2080. The monoisotopic (exact) mass is 873 g/mol. The quantitative estimate of drug-likeness (QED) is 0.224. The van der Waals surface area contributed by atoms with Gasteiger partial charge in [-0.25, -0.2) is 8.42 Å². The number of hydrogen-bond acceptors (Lipinski definition) is 7. The van der Waals surface area contributed by atoms with Gasteiger partial charge in [0.2, 0.25) is 5.88 Å². The second-order valence-corrected chi connectivity index (χ2v) is 24.4. The lowest BCUT2D eigenvalue weighted by Gasteiger charge is -2.72. The first-order valence-electron chi connectivity index (χ1n) is 23.1. The maximum Gasteiger partial charge on any atom is 0.433 e. The van der Waals surface area contributed by atoms with Crippen LogP contribution in [-0.4, -0.2) is 84.0 Å². The van der Waals surface area contributed by atoms with Crippen molar-refractivity contribution in [2.24, 2.45) is 63.7 Å². The molecule has 61 heavy (non-hydrogen) atoms. The summed E-state index contributed by atoms with van der Waals surface area (Å²) in [4.78, 5) is 15.1. The summed E-state index contributed by atoms with van der Waals surface area (Å²) in [5.41, 5.74) is 2.18. The van der Waals surface area contributed by atoms with Crippen LogP contribution in [0.3, 0.4) is 0 Å². The molecule has 9 nitrogen and oxygen atoms in total. The Kier molecular flexibility index (Phi) is 11.2. The number of fused-ring (bicyclic) bond motifs is 7. The first kappa shape index (κ1) is 44.9. The average molecular weight is 873 g/mol. The second kappa shape index (κ2) is 15.2. The predicted octanol–water partition coefficient (Wildman–Crippen LogP) is 9.27. The van der Waals surface area contributed by atoms with Gasteiger partial charge in [-0.05, 0) is 146 Å². The molecule has 1 aromatic rings. The van der Waals surface area contributed by atoms with Crippen molar-refractivity contribution in [2.45, 2.75) is 130 Å². The Morgan fingerprint density at radius 3 is 2.31 bits per heavy atom. The van der Waals surface area contributed by atoms with Crippen LogP contribution in [0.1, 0.15) is 124 Å². The van der Waals surface area contributed by atoms with E-state index in [2.05, 4.69) is 75.6 Å². The Balaban J connectivity index is 0.996. The fourth-order valence-electron chi connectivity index (χ4n) is 15.6. The van der Waals surface area contributed by atoms with Gasteiger partial charge in [-0.3, -0.25) is 9.48 Å². The number of carboxylic acids is 1. The van der Waals surface area contributed by atoms with Gasteiger partial charge in [0.15, 0.2) is 9.84 Å². The standard InChI is InChI=1S/C48H71F3N4O5S/c1-31(2)33-13-20-47(52-23-24-55-25-27-61(58,59)28-26-55)22-21-44(6)35(40(33)47)9-10-37-43(5)16-14-34(42(3,4)36(43)15-17-45(37,44)7)32-11-18-46(19-12-32,41(56)57)30-60-39-29-38(48(49,50)51)54(8)53-39/h11,14,29,33,35-37,40,52H,1,9-10,12-13,15-28,30H2,2-8H3,(H,56,57)/t33?,35-,36+,37-,40-,43+,44-,45-,46?,47+/m1/s1. The number of alkyl halides is 3. The van der Waals surface area contributed by atoms with Gasteiger partial charge >= 0.3 is 12.1 Å². The Hall–Kier alpha value is -2.64. The number of aliphatic carboxylic acids is 1. The maximum atomic E-state index is 13.4. The molecule has 10 atom stereocenters. The first-order chi connectivity index (χ1) is 28.4. The van der Waals surface area contributed by atoms with Crippen LogP contribution in [0, 0.1) is 56.7 Å². The summed E-state index contributed by atoms with van der Waals surface area (Å²) in [6.07, 6.45) is 11.7. The molecule has 0 spiro atoms. The van der Waals surface area contributed by atoms with Crippen molar-refractivity contribution in [1.29, 1.82) is 0 Å². The molecular formula is C48H71F3N4O5S. The predicted molar refractivity (Wildman–Crippen MR) is 232 cm³/mol. The number of allylic oxidation sites excluding steroid dienone is 5. The summed E-state index contributed by atoms with van der Waals surface area (Å²) >= 11 is 0. The summed E-state index contributed by atoms with van der Waals surface area (Å²) in [5.74, 6) is 2.03. The van der Waals surface area contributed by atoms with Crippen LogP contribution in [0.5, 0.6) is 5.88 Å². The Morgan fingerprint density at radius 1 is 0.967 bits per heavy atom. The minimum Gasteiger partial charge on any atom is -0.481 e. The van der Waals surface area contributed by atoms with Crippen LogP contribution in [0.2, 0.25) is 0 Å². The van der Waals surface area contributed by atoms with Gasteiger partial charge in [0.1, 0.15) is 17.7 Å². The third-order valence-corrected chi connectivity index (χ3v) is 20.7. The topological polar surface area (TPSA) is 114 Å². The van der Waals surface area contributed by atoms with Crippen LogP contribution in [0.15, 0.2) is 41.5 Å². The van der Waals surface area contributed by atoms with Gasteiger partial charge in [-0.15, -0.1) is 5.10 Å². The molecule has 0 aromatic carbocycles. The van der Waals surface area contributed by atoms with Gasteiger partial charge in [0.05, 0.1) is 11.5 Å². The zero-order valence-electron chi connectivity index (χ0n) is 37.7. The molecule has 5 fully saturated rings. The number of carbonyl (C=O) groups is 1. The molecule has 0 radical (unpaired) electrons. The van der Waals surface area contributed by atoms with Crippen molar-refractivity contribution < 1.29 is 36.2 Å². The molecule has 0 bridgehead atoms. The maximum absolute atomic E-state index is 13.4. The summed E-state index contributed by atoms with van der Waals surface area (Å²) in [5, 5.41) is 18.5. The molecule has 6 aliphatic carbocycles. The van der Waals surface area contributed by atoms with Crippen LogP contribution < -0.4 is 10.1 Å². The molecular weight excluding hydrogens is 802 g/mol. The number of nitrogens with one attached hydrogen (secondary N) is 1. The zero-order valence-corrected chi connectivity index (χ0v) is 38.5. The largest absolute Gasteiger partial charge is 0.481 e. The van der Waals surface area contributed by atoms with E-state index in [1.54, 1.807) is 0 Å². The molecule has 13 heteroatoms. The normalized spacial score (nSPS) is 40.7. The number of hydrogen-bond donors (Lipinski definition) is 2. The fourth-order valence-corrected chi connectivity index (χ4v) is 16.8. The number of sulfone groups is 1. The lowest BCUT2D eigenvalue weighted by molar-refractivity contribution is -0.221. The van der Waals surface area contributed by atoms with Crippen LogP contribution >= 0.6 is 0 Å². The number of aryl methyl sites for hydroxylation is 1. The van der Waals surface area contributed by atoms with Gasteiger partial charge in [-0.1, -0.05) is 58.9 Å². The number of nitrogens with zero attached hydrogens (tertiary/aromatic N) is 3. The molecule has 1 aromatic heterocycles. The highest BCUT2D eigenvalue weighted by Crippen LogP contribution is 2.76. The number of halogens is 3. The third kappa shape index (κ3) is 7.28. The van der Waals surface area contributed by atoms with Crippen molar-refractivity contribution in [3.8, 4) is 5.88 Å². The third-order valence-electron chi connectivity index (χ3n) is 19.0. The van der Waals surface area contributed by atoms with Crippen molar-refractivity contribution >= 4 is 15.8 Å². The van der Waals surface area contributed by atoms with Crippen LogP contribution in [-0.2, 0) is 27.9 Å². The molecule has 1 saturated heterocycles. The average Bonchev–Trinajstić information content (AvgIpc) is 3.76. The zero-order chi connectivity index (χ0) is 44.2. The van der Waals surface area contributed by atoms with E-state index < -0.39 is 33.1 Å². The highest BCUT2D eigenvalue weighted by Gasteiger charge is 2.70. The summed E-state index contributed by atoms with van der Waals surface area (Å²) in [6.45, 7) is 22.4. The summed E-state index contributed by atoms with van der Waals surface area (Å²) < 4.78 is 70.8. The van der Waals surface area contributed by atoms with Gasteiger partial charge < -0.3 is 20.1 Å². The van der Waals surface area contributed by atoms with Crippen molar-refractivity contribution in [3.63, 3.8) is 0 Å². The van der Waals surface area contributed by atoms with E-state index in [-0.39, 0.29) is 57.6 Å². The van der Waals surface area contributed by atoms with E-state index in [4.69, 9.17) is 4.74 Å². The van der Waals surface area contributed by atoms with E-state index in [0.717, 1.165) is 36.7 Å². The number of rotatable bonds is 10. The van der Waals surface area contributed by atoms with E-state index in [1.807, 2.05) is 0 Å². The molecule has 7 aliphatic rings. The Labute approximate surface area is 362 Å². The number of carboxylic acid groups (broad SMARTS) is 1. The number of aromatic nitrogens is 2. The minimum absolute atomic E-state index is 0.0948. The summed E-state index contributed by atoms with van der Waals surface area (Å²) in [6, 6.07) is 0.832. The Morgan fingerprint density at radius 2 is 1.69 bits per heavy atom. The first-order valence-corrected chi connectivity index (χ1v) is 24.9. The second-order valence-electron chi connectivity index (χ2n) is 22.1. The minimum atomic E-state index is -4.59. The molecule has 2 unspecified atom stereocenters. The molecule has 4 saturated carbocycles. The van der Waals surface area contributed by atoms with Crippen LogP contribution in [0.25, 0.3) is 0 Å². The van der Waals surface area contributed by atoms with E-state index in [9.17, 15) is 31.5 Å².